The van der Waals surface area contributed by atoms with E-state index in [0.717, 1.165) is 0 Å². The van der Waals surface area contributed by atoms with Gasteiger partial charge in [0.15, 0.2) is 0 Å². The molecule has 0 fully saturated rings. The van der Waals surface area contributed by atoms with E-state index in [-0.39, 0.29) is 38.5 Å². The fourth-order valence-corrected chi connectivity index (χ4v) is 2.17. The molecule has 2 radical (unpaired) electrons. The Kier molecular flexibility index (Phi) is 11.3. The molecule has 0 spiro atoms. The molecule has 0 bridgehead atoms. The van der Waals surface area contributed by atoms with Crippen LogP contribution in [-0.2, 0) is 24.4 Å². The van der Waals surface area contributed by atoms with E-state index in [1.165, 1.54) is 0 Å². The zero-order valence-corrected chi connectivity index (χ0v) is 15.0. The van der Waals surface area contributed by atoms with Crippen LogP contribution in [0, 0.1) is 0 Å². The Morgan fingerprint density at radius 3 is 1.63 bits per heavy atom. The Morgan fingerprint density at radius 2 is 1.32 bits per heavy atom. The molecule has 0 amide bonds. The van der Waals surface area contributed by atoms with Crippen LogP contribution in [0.5, 0.6) is 0 Å². The average Bonchev–Trinajstić information content (AvgIpc) is 2.27. The summed E-state index contributed by atoms with van der Waals surface area (Å²) in [6.07, 6.45) is 0. The summed E-state index contributed by atoms with van der Waals surface area (Å²) in [4.78, 5) is 22.3. The Labute approximate surface area is 125 Å². The molecule has 4 N–H and O–H groups in total. The summed E-state index contributed by atoms with van der Waals surface area (Å²) in [5.74, 6) is -1.10. The normalized spacial score (nSPS) is 13.7. The van der Waals surface area contributed by atoms with Crippen molar-refractivity contribution in [3.63, 3.8) is 0 Å². The third-order valence-corrected chi connectivity index (χ3v) is 3.93. The van der Waals surface area contributed by atoms with Crippen molar-refractivity contribution >= 4 is 37.1 Å². The van der Waals surface area contributed by atoms with Crippen LogP contribution < -0.4 is 11.5 Å². The number of hydrogen-bond acceptors (Lipinski definition) is 8. The molecule has 0 saturated heterocycles. The Balaban J connectivity index is 3.45. The van der Waals surface area contributed by atoms with Gasteiger partial charge in [-0.25, -0.2) is 0 Å². The second-order valence-electron chi connectivity index (χ2n) is 4.02. The summed E-state index contributed by atoms with van der Waals surface area (Å²) >= 11 is -2.19. The molecule has 9 heteroatoms. The molecule has 0 rings (SSSR count). The molecular formula is C10H20N2O6Pb. The first-order valence-electron chi connectivity index (χ1n) is 5.72. The summed E-state index contributed by atoms with van der Waals surface area (Å²) in [7, 11) is 0. The van der Waals surface area contributed by atoms with Crippen molar-refractivity contribution in [2.45, 2.75) is 25.9 Å². The van der Waals surface area contributed by atoms with Crippen LogP contribution in [0.3, 0.4) is 0 Å². The zero-order valence-electron chi connectivity index (χ0n) is 11.1. The van der Waals surface area contributed by atoms with Crippen LogP contribution in [0.4, 0.5) is 0 Å². The predicted molar refractivity (Wildman–Crippen MR) is 66.9 cm³/mol. The van der Waals surface area contributed by atoms with E-state index in [4.69, 9.17) is 26.3 Å². The molecule has 110 valence electrons. The molecule has 0 aromatic carbocycles. The van der Waals surface area contributed by atoms with Crippen LogP contribution in [0.1, 0.15) is 13.8 Å². The van der Waals surface area contributed by atoms with E-state index in [1.54, 1.807) is 13.8 Å². The molecule has 0 aromatic rings. The maximum absolute atomic E-state index is 11.1. The molecular weight excluding hydrogens is 451 g/mol. The second kappa shape index (κ2) is 11.5. The van der Waals surface area contributed by atoms with Gasteiger partial charge in [0, 0.05) is 0 Å². The van der Waals surface area contributed by atoms with E-state index in [1.807, 2.05) is 0 Å². The van der Waals surface area contributed by atoms with Gasteiger partial charge in [0.05, 0.1) is 0 Å². The van der Waals surface area contributed by atoms with E-state index in [2.05, 4.69) is 0 Å². The van der Waals surface area contributed by atoms with Gasteiger partial charge in [0.2, 0.25) is 0 Å². The summed E-state index contributed by atoms with van der Waals surface area (Å²) in [5.41, 5.74) is 10.9. The first-order valence-corrected chi connectivity index (χ1v) is 8.90. The minimum absolute atomic E-state index is 0.144. The molecule has 19 heavy (non-hydrogen) atoms. The first-order chi connectivity index (χ1) is 8.91. The van der Waals surface area contributed by atoms with Crippen LogP contribution in [-0.4, -0.2) is 75.6 Å². The summed E-state index contributed by atoms with van der Waals surface area (Å²) < 4.78 is 19.5. The Bertz CT molecular complexity index is 249. The van der Waals surface area contributed by atoms with Crippen molar-refractivity contribution < 1.29 is 24.4 Å². The minimum atomic E-state index is -2.19. The van der Waals surface area contributed by atoms with Crippen molar-refractivity contribution in [1.82, 2.24) is 0 Å². The van der Waals surface area contributed by atoms with Crippen LogP contribution in [0.15, 0.2) is 0 Å². The van der Waals surface area contributed by atoms with Gasteiger partial charge >= 0.3 is 125 Å². The van der Waals surface area contributed by atoms with Gasteiger partial charge in [-0.2, -0.15) is 0 Å². The molecule has 2 unspecified atom stereocenters. The summed E-state index contributed by atoms with van der Waals surface area (Å²) in [5, 5.41) is 0. The fourth-order valence-electron chi connectivity index (χ4n) is 0.829. The van der Waals surface area contributed by atoms with Crippen LogP contribution >= 0.6 is 0 Å². The molecule has 0 aliphatic carbocycles. The summed E-state index contributed by atoms with van der Waals surface area (Å²) in [6.45, 7) is 3.68. The quantitative estimate of drug-likeness (QED) is 0.363. The zero-order chi connectivity index (χ0) is 14.7. The molecule has 0 aliphatic heterocycles. The van der Waals surface area contributed by atoms with E-state index in [9.17, 15) is 9.59 Å². The van der Waals surface area contributed by atoms with Gasteiger partial charge in [-0.3, -0.25) is 0 Å². The number of ether oxygens (including phenoxy) is 2. The molecule has 0 aromatic heterocycles. The number of nitrogens with two attached hydrogens (primary N) is 2. The summed E-state index contributed by atoms with van der Waals surface area (Å²) in [6, 6.07) is -0.287. The molecule has 2 atom stereocenters. The van der Waals surface area contributed by atoms with Crippen LogP contribution in [0.2, 0.25) is 0 Å². The Morgan fingerprint density at radius 1 is 0.947 bits per heavy atom. The third kappa shape index (κ3) is 13.9. The SMILES string of the molecule is CC(N)COCC(=O)[O][Pb][O]C(=O)COCC(C)N. The number of carbonyl (C=O) groups excluding carboxylic acids is 2. The molecule has 0 saturated carbocycles. The molecule has 0 heterocycles. The van der Waals surface area contributed by atoms with E-state index >= 15 is 0 Å². The standard InChI is InChI=1S/2C5H11NO3.Pb/c2*1-4(6)2-9-3-5(7)8;/h2*4H,2-3,6H2,1H3,(H,7,8);/q;;+2/p-2. The average molecular weight is 471 g/mol. The van der Waals surface area contributed by atoms with Gasteiger partial charge in [-0.05, 0) is 0 Å². The van der Waals surface area contributed by atoms with Gasteiger partial charge in [0.25, 0.3) is 0 Å². The first kappa shape index (κ1) is 18.7. The second-order valence-corrected chi connectivity index (χ2v) is 6.25. The van der Waals surface area contributed by atoms with Crippen molar-refractivity contribution in [3.05, 3.63) is 0 Å². The van der Waals surface area contributed by atoms with E-state index < -0.39 is 37.1 Å². The van der Waals surface area contributed by atoms with Gasteiger partial charge < -0.3 is 0 Å². The number of carbonyl (C=O) groups is 2. The van der Waals surface area contributed by atoms with Gasteiger partial charge in [-0.15, -0.1) is 0 Å². The van der Waals surface area contributed by atoms with Crippen molar-refractivity contribution in [2.24, 2.45) is 11.5 Å². The monoisotopic (exact) mass is 472 g/mol. The van der Waals surface area contributed by atoms with Gasteiger partial charge in [0.1, 0.15) is 0 Å². The van der Waals surface area contributed by atoms with Crippen molar-refractivity contribution in [3.8, 4) is 0 Å². The Hall–Kier alpha value is -0.298. The number of rotatable bonds is 10. The van der Waals surface area contributed by atoms with Crippen LogP contribution in [0.25, 0.3) is 0 Å². The topological polar surface area (TPSA) is 123 Å². The van der Waals surface area contributed by atoms with Crippen molar-refractivity contribution in [2.75, 3.05) is 26.4 Å². The predicted octanol–water partition coefficient (Wildman–Crippen LogP) is -1.67. The van der Waals surface area contributed by atoms with E-state index in [0.29, 0.717) is 0 Å². The van der Waals surface area contributed by atoms with Gasteiger partial charge in [-0.1, -0.05) is 0 Å². The number of hydrogen-bond donors (Lipinski definition) is 2. The molecule has 0 aliphatic rings. The maximum atomic E-state index is 11.1. The molecule has 8 nitrogen and oxygen atoms in total. The fraction of sp³-hybridized carbons (Fsp3) is 0.800. The third-order valence-electron chi connectivity index (χ3n) is 1.51. The van der Waals surface area contributed by atoms with Crippen molar-refractivity contribution in [1.29, 1.82) is 0 Å².